The minimum atomic E-state index is -3.09. The molecule has 5 heteroatoms. The minimum Gasteiger partial charge on any atom is -0.212 e. The maximum Gasteiger partial charge on any atom is 0.212 e. The molecule has 0 aliphatic heterocycles. The summed E-state index contributed by atoms with van der Waals surface area (Å²) >= 11 is 3.36. The highest BCUT2D eigenvalue weighted by Gasteiger charge is 2.23. The van der Waals surface area contributed by atoms with Gasteiger partial charge in [0.15, 0.2) is 0 Å². The van der Waals surface area contributed by atoms with E-state index in [2.05, 4.69) is 20.7 Å². The lowest BCUT2D eigenvalue weighted by Gasteiger charge is -2.23. The van der Waals surface area contributed by atoms with E-state index in [0.29, 0.717) is 11.7 Å². The van der Waals surface area contributed by atoms with E-state index in [1.165, 1.54) is 19.3 Å². The molecule has 1 fully saturated rings. The van der Waals surface area contributed by atoms with Crippen LogP contribution >= 0.6 is 15.9 Å². The Hall–Kier alpha value is 0.390. The molecule has 0 aromatic carbocycles. The molecule has 0 saturated heterocycles. The van der Waals surface area contributed by atoms with Gasteiger partial charge < -0.3 is 0 Å². The lowest BCUT2D eigenvalue weighted by Crippen LogP contribution is -2.38. The fourth-order valence-corrected chi connectivity index (χ4v) is 4.84. The van der Waals surface area contributed by atoms with E-state index in [-0.39, 0.29) is 6.04 Å². The SMILES string of the molecule is CCC(CCBr)NS(=O)(=O)CC1CCCCC1. The molecule has 0 aromatic heterocycles. The molecule has 0 amide bonds. The average molecular weight is 326 g/mol. The first-order valence-corrected chi connectivity index (χ1v) is 9.40. The molecule has 1 saturated carbocycles. The molecule has 1 rings (SSSR count). The predicted molar refractivity (Wildman–Crippen MR) is 76.0 cm³/mol. The largest absolute Gasteiger partial charge is 0.212 e. The van der Waals surface area contributed by atoms with Crippen molar-refractivity contribution >= 4 is 26.0 Å². The lowest BCUT2D eigenvalue weighted by atomic mass is 9.91. The summed E-state index contributed by atoms with van der Waals surface area (Å²) in [4.78, 5) is 0. The third-order valence-corrected chi connectivity index (χ3v) is 5.54. The monoisotopic (exact) mass is 325 g/mol. The van der Waals surface area contributed by atoms with Gasteiger partial charge in [-0.1, -0.05) is 42.1 Å². The normalized spacial score (nSPS) is 20.4. The molecule has 1 atom stereocenters. The molecule has 102 valence electrons. The van der Waals surface area contributed by atoms with E-state index in [1.807, 2.05) is 6.92 Å². The average Bonchev–Trinajstić information content (AvgIpc) is 2.29. The fraction of sp³-hybridized carbons (Fsp3) is 1.00. The molecule has 17 heavy (non-hydrogen) atoms. The summed E-state index contributed by atoms with van der Waals surface area (Å²) < 4.78 is 26.9. The number of nitrogens with one attached hydrogen (secondary N) is 1. The second kappa shape index (κ2) is 7.74. The molecule has 3 nitrogen and oxygen atoms in total. The van der Waals surface area contributed by atoms with E-state index >= 15 is 0 Å². The van der Waals surface area contributed by atoms with Crippen LogP contribution in [0.2, 0.25) is 0 Å². The van der Waals surface area contributed by atoms with Crippen LogP contribution in [0.1, 0.15) is 51.9 Å². The Morgan fingerprint density at radius 3 is 2.47 bits per heavy atom. The highest BCUT2D eigenvalue weighted by atomic mass is 79.9. The molecular formula is C12H24BrNO2S. The Labute approximate surface area is 114 Å². The molecule has 0 spiro atoms. The van der Waals surface area contributed by atoms with Gasteiger partial charge in [0.05, 0.1) is 5.75 Å². The third kappa shape index (κ3) is 6.20. The highest BCUT2D eigenvalue weighted by molar-refractivity contribution is 9.09. The van der Waals surface area contributed by atoms with Gasteiger partial charge in [0.1, 0.15) is 0 Å². The topological polar surface area (TPSA) is 46.2 Å². The van der Waals surface area contributed by atoms with Gasteiger partial charge >= 0.3 is 0 Å². The fourth-order valence-electron chi connectivity index (χ4n) is 2.44. The van der Waals surface area contributed by atoms with E-state index < -0.39 is 10.0 Å². The van der Waals surface area contributed by atoms with Gasteiger partial charge in [-0.05, 0) is 31.6 Å². The molecule has 1 unspecified atom stereocenters. The summed E-state index contributed by atoms with van der Waals surface area (Å²) in [5, 5.41) is 0.845. The Kier molecular flexibility index (Phi) is 7.04. The van der Waals surface area contributed by atoms with Gasteiger partial charge in [0, 0.05) is 11.4 Å². The molecule has 1 aliphatic carbocycles. The minimum absolute atomic E-state index is 0.0861. The Morgan fingerprint density at radius 1 is 1.29 bits per heavy atom. The van der Waals surface area contributed by atoms with Crippen molar-refractivity contribution in [1.29, 1.82) is 0 Å². The van der Waals surface area contributed by atoms with Crippen molar-refractivity contribution < 1.29 is 8.42 Å². The van der Waals surface area contributed by atoms with Crippen molar-refractivity contribution in [3.63, 3.8) is 0 Å². The summed E-state index contributed by atoms with van der Waals surface area (Å²) in [6.45, 7) is 2.02. The number of alkyl halides is 1. The Balaban J connectivity index is 2.43. The van der Waals surface area contributed by atoms with Crippen molar-refractivity contribution in [2.45, 2.75) is 57.9 Å². The van der Waals surface area contributed by atoms with Crippen LogP contribution in [0, 0.1) is 5.92 Å². The number of hydrogen-bond acceptors (Lipinski definition) is 2. The van der Waals surface area contributed by atoms with Crippen LogP contribution in [0.3, 0.4) is 0 Å². The number of sulfonamides is 1. The molecule has 1 N–H and O–H groups in total. The van der Waals surface area contributed by atoms with Crippen LogP contribution in [0.25, 0.3) is 0 Å². The summed E-state index contributed by atoms with van der Waals surface area (Å²) in [7, 11) is -3.09. The number of rotatable bonds is 7. The zero-order valence-corrected chi connectivity index (χ0v) is 13.0. The zero-order chi connectivity index (χ0) is 12.7. The van der Waals surface area contributed by atoms with Crippen LogP contribution in [-0.2, 0) is 10.0 Å². The smallest absolute Gasteiger partial charge is 0.212 e. The molecule has 0 bridgehead atoms. The number of hydrogen-bond donors (Lipinski definition) is 1. The first-order chi connectivity index (χ1) is 8.07. The summed E-state index contributed by atoms with van der Waals surface area (Å²) in [6.07, 6.45) is 7.53. The van der Waals surface area contributed by atoms with Crippen molar-refractivity contribution in [3.8, 4) is 0 Å². The second-order valence-electron chi connectivity index (χ2n) is 4.99. The van der Waals surface area contributed by atoms with Crippen molar-refractivity contribution in [1.82, 2.24) is 4.72 Å². The zero-order valence-electron chi connectivity index (χ0n) is 10.6. The van der Waals surface area contributed by atoms with Gasteiger partial charge in [0.2, 0.25) is 10.0 Å². The Bertz CT molecular complexity index is 287. The van der Waals surface area contributed by atoms with Gasteiger partial charge in [0.25, 0.3) is 0 Å². The van der Waals surface area contributed by atoms with E-state index in [1.54, 1.807) is 0 Å². The van der Waals surface area contributed by atoms with Crippen LogP contribution in [-0.4, -0.2) is 25.5 Å². The van der Waals surface area contributed by atoms with E-state index in [9.17, 15) is 8.42 Å². The maximum atomic E-state index is 12.0. The van der Waals surface area contributed by atoms with E-state index in [0.717, 1.165) is 31.0 Å². The lowest BCUT2D eigenvalue weighted by molar-refractivity contribution is 0.382. The first kappa shape index (κ1) is 15.4. The van der Waals surface area contributed by atoms with Crippen LogP contribution < -0.4 is 4.72 Å². The third-order valence-electron chi connectivity index (χ3n) is 3.48. The first-order valence-electron chi connectivity index (χ1n) is 6.63. The highest BCUT2D eigenvalue weighted by Crippen LogP contribution is 2.24. The summed E-state index contributed by atoms with van der Waals surface area (Å²) in [6, 6.07) is 0.0861. The summed E-state index contributed by atoms with van der Waals surface area (Å²) in [5.74, 6) is 0.703. The maximum absolute atomic E-state index is 12.0. The van der Waals surface area contributed by atoms with Crippen LogP contribution in [0.15, 0.2) is 0 Å². The van der Waals surface area contributed by atoms with Gasteiger partial charge in [-0.2, -0.15) is 0 Å². The van der Waals surface area contributed by atoms with E-state index in [4.69, 9.17) is 0 Å². The van der Waals surface area contributed by atoms with Crippen molar-refractivity contribution in [2.75, 3.05) is 11.1 Å². The van der Waals surface area contributed by atoms with Gasteiger partial charge in [-0.25, -0.2) is 13.1 Å². The standard InChI is InChI=1S/C12H24BrNO2S/c1-2-12(8-9-13)14-17(15,16)10-11-6-4-3-5-7-11/h11-12,14H,2-10H2,1H3. The quantitative estimate of drug-likeness (QED) is 0.731. The second-order valence-corrected chi connectivity index (χ2v) is 7.58. The molecule has 0 aromatic rings. The van der Waals surface area contributed by atoms with Crippen LogP contribution in [0.5, 0.6) is 0 Å². The predicted octanol–water partition coefficient (Wildman–Crippen LogP) is 3.05. The van der Waals surface area contributed by atoms with Crippen LogP contribution in [0.4, 0.5) is 0 Å². The summed E-state index contributed by atoms with van der Waals surface area (Å²) in [5.41, 5.74) is 0. The molecular weight excluding hydrogens is 302 g/mol. The Morgan fingerprint density at radius 2 is 1.94 bits per heavy atom. The number of halogens is 1. The molecule has 0 heterocycles. The van der Waals surface area contributed by atoms with Gasteiger partial charge in [-0.15, -0.1) is 0 Å². The van der Waals surface area contributed by atoms with Crippen molar-refractivity contribution in [2.24, 2.45) is 5.92 Å². The van der Waals surface area contributed by atoms with Crippen molar-refractivity contribution in [3.05, 3.63) is 0 Å². The van der Waals surface area contributed by atoms with Gasteiger partial charge in [-0.3, -0.25) is 0 Å². The molecule has 1 aliphatic rings. The molecule has 0 radical (unpaired) electrons.